The maximum Gasteiger partial charge on any atom is 0.265 e. The first kappa shape index (κ1) is 9.39. The second-order valence-corrected chi connectivity index (χ2v) is 3.14. The largest absolute Gasteiger partial charge is 0.298 e. The Morgan fingerprint density at radius 2 is 2.33 bits per heavy atom. The van der Waals surface area contributed by atoms with Crippen molar-refractivity contribution >= 4 is 6.29 Å². The van der Waals surface area contributed by atoms with E-state index >= 15 is 0 Å². The van der Waals surface area contributed by atoms with E-state index in [4.69, 9.17) is 0 Å². The van der Waals surface area contributed by atoms with Crippen molar-refractivity contribution in [1.82, 2.24) is 14.8 Å². The Morgan fingerprint density at radius 1 is 1.53 bits per heavy atom. The van der Waals surface area contributed by atoms with Gasteiger partial charge in [0.05, 0.1) is 23.1 Å². The minimum atomic E-state index is -0.336. The molecular formula is C10H9N3O2. The molecular weight excluding hydrogens is 194 g/mol. The molecule has 0 saturated carbocycles. The Morgan fingerprint density at radius 3 is 2.93 bits per heavy atom. The van der Waals surface area contributed by atoms with E-state index in [0.29, 0.717) is 12.0 Å². The second-order valence-electron chi connectivity index (χ2n) is 3.14. The third-order valence-electron chi connectivity index (χ3n) is 2.17. The molecule has 0 amide bonds. The van der Waals surface area contributed by atoms with Gasteiger partial charge in [-0.15, -0.1) is 0 Å². The predicted octanol–water partition coefficient (Wildman–Crippen LogP) is 0.682. The molecule has 0 aromatic carbocycles. The molecule has 0 unspecified atom stereocenters. The van der Waals surface area contributed by atoms with Crippen molar-refractivity contribution in [2.45, 2.75) is 6.92 Å². The summed E-state index contributed by atoms with van der Waals surface area (Å²) in [5.74, 6) is 0. The lowest BCUT2D eigenvalue weighted by atomic mass is 10.3. The van der Waals surface area contributed by atoms with Crippen LogP contribution in [0.5, 0.6) is 0 Å². The lowest BCUT2D eigenvalue weighted by molar-refractivity contribution is 0.112. The smallest absolute Gasteiger partial charge is 0.265 e. The van der Waals surface area contributed by atoms with Crippen molar-refractivity contribution in [3.63, 3.8) is 0 Å². The van der Waals surface area contributed by atoms with Gasteiger partial charge in [-0.1, -0.05) is 0 Å². The Kier molecular flexibility index (Phi) is 2.21. The van der Waals surface area contributed by atoms with Gasteiger partial charge in [0.1, 0.15) is 0 Å². The van der Waals surface area contributed by atoms with Crippen LogP contribution in [0.2, 0.25) is 0 Å². The van der Waals surface area contributed by atoms with Crippen molar-refractivity contribution in [3.05, 3.63) is 46.1 Å². The molecule has 5 heteroatoms. The fourth-order valence-electron chi connectivity index (χ4n) is 1.38. The summed E-state index contributed by atoms with van der Waals surface area (Å²) in [7, 11) is 0. The van der Waals surface area contributed by atoms with Crippen molar-refractivity contribution < 1.29 is 4.79 Å². The van der Waals surface area contributed by atoms with Gasteiger partial charge in [-0.3, -0.25) is 19.3 Å². The van der Waals surface area contributed by atoms with Crippen LogP contribution in [-0.2, 0) is 0 Å². The number of aldehydes is 1. The SMILES string of the molecule is Cc1[nH]ncc1-n1cccc(C=O)c1=O. The van der Waals surface area contributed by atoms with Crippen molar-refractivity contribution in [3.8, 4) is 5.69 Å². The van der Waals surface area contributed by atoms with Crippen LogP contribution < -0.4 is 5.56 Å². The number of hydrogen-bond donors (Lipinski definition) is 1. The second kappa shape index (κ2) is 3.53. The maximum atomic E-state index is 11.7. The van der Waals surface area contributed by atoms with Crippen LogP contribution in [-0.4, -0.2) is 21.1 Å². The number of carbonyl (C=O) groups excluding carboxylic acids is 1. The number of pyridine rings is 1. The molecule has 0 spiro atoms. The normalized spacial score (nSPS) is 10.2. The van der Waals surface area contributed by atoms with E-state index in [9.17, 15) is 9.59 Å². The van der Waals surface area contributed by atoms with Gasteiger partial charge < -0.3 is 0 Å². The molecule has 2 rings (SSSR count). The number of carbonyl (C=O) groups is 1. The van der Waals surface area contributed by atoms with E-state index in [0.717, 1.165) is 5.69 Å². The van der Waals surface area contributed by atoms with E-state index in [2.05, 4.69) is 10.2 Å². The monoisotopic (exact) mass is 203 g/mol. The van der Waals surface area contributed by atoms with Gasteiger partial charge in [-0.25, -0.2) is 0 Å². The first-order valence-electron chi connectivity index (χ1n) is 4.41. The van der Waals surface area contributed by atoms with E-state index in [1.54, 1.807) is 18.5 Å². The molecule has 2 aromatic heterocycles. The quantitative estimate of drug-likeness (QED) is 0.730. The molecule has 0 aliphatic rings. The number of nitrogens with one attached hydrogen (secondary N) is 1. The number of rotatable bonds is 2. The standard InChI is InChI=1S/C10H9N3O2/c1-7-9(5-11-12-7)13-4-2-3-8(6-14)10(13)15/h2-6H,1H3,(H,11,12). The highest BCUT2D eigenvalue weighted by Gasteiger charge is 2.07. The average molecular weight is 203 g/mol. The average Bonchev–Trinajstić information content (AvgIpc) is 2.65. The van der Waals surface area contributed by atoms with Crippen LogP contribution >= 0.6 is 0 Å². The molecule has 1 N–H and O–H groups in total. The van der Waals surface area contributed by atoms with Gasteiger partial charge in [-0.05, 0) is 19.1 Å². The molecule has 2 aromatic rings. The predicted molar refractivity (Wildman–Crippen MR) is 54.3 cm³/mol. The number of aryl methyl sites for hydroxylation is 1. The van der Waals surface area contributed by atoms with Crippen LogP contribution in [0, 0.1) is 6.92 Å². The zero-order chi connectivity index (χ0) is 10.8. The molecule has 0 saturated heterocycles. The Hall–Kier alpha value is -2.17. The van der Waals surface area contributed by atoms with E-state index in [-0.39, 0.29) is 11.1 Å². The van der Waals surface area contributed by atoms with Gasteiger partial charge in [0.2, 0.25) is 0 Å². The van der Waals surface area contributed by atoms with Gasteiger partial charge in [0.15, 0.2) is 6.29 Å². The summed E-state index contributed by atoms with van der Waals surface area (Å²) < 4.78 is 1.39. The van der Waals surface area contributed by atoms with E-state index in [1.807, 2.05) is 6.92 Å². The number of hydrogen-bond acceptors (Lipinski definition) is 3. The maximum absolute atomic E-state index is 11.7. The van der Waals surface area contributed by atoms with E-state index < -0.39 is 0 Å². The zero-order valence-electron chi connectivity index (χ0n) is 8.10. The highest BCUT2D eigenvalue weighted by atomic mass is 16.1. The third-order valence-corrected chi connectivity index (χ3v) is 2.17. The summed E-state index contributed by atoms with van der Waals surface area (Å²) in [6.45, 7) is 1.81. The molecule has 0 aliphatic carbocycles. The molecule has 0 bridgehead atoms. The topological polar surface area (TPSA) is 67.8 Å². The summed E-state index contributed by atoms with van der Waals surface area (Å²) >= 11 is 0. The molecule has 76 valence electrons. The van der Waals surface area contributed by atoms with E-state index in [1.165, 1.54) is 10.6 Å². The van der Waals surface area contributed by atoms with Crippen molar-refractivity contribution in [2.75, 3.05) is 0 Å². The van der Waals surface area contributed by atoms with Gasteiger partial charge >= 0.3 is 0 Å². The molecule has 15 heavy (non-hydrogen) atoms. The number of H-pyrrole nitrogens is 1. The molecule has 0 fully saturated rings. The number of nitrogens with zero attached hydrogens (tertiary/aromatic N) is 2. The number of aromatic amines is 1. The van der Waals surface area contributed by atoms with Crippen LogP contribution in [0.25, 0.3) is 5.69 Å². The summed E-state index contributed by atoms with van der Waals surface area (Å²) in [5, 5.41) is 6.56. The number of aromatic nitrogens is 3. The fraction of sp³-hybridized carbons (Fsp3) is 0.100. The molecule has 2 heterocycles. The first-order valence-corrected chi connectivity index (χ1v) is 4.41. The lowest BCUT2D eigenvalue weighted by Gasteiger charge is -2.03. The molecule has 0 atom stereocenters. The summed E-state index contributed by atoms with van der Waals surface area (Å²) in [5.41, 5.74) is 1.24. The molecule has 5 nitrogen and oxygen atoms in total. The Balaban J connectivity index is 2.69. The van der Waals surface area contributed by atoms with Crippen molar-refractivity contribution in [1.29, 1.82) is 0 Å². The van der Waals surface area contributed by atoms with Crippen LogP contribution in [0.15, 0.2) is 29.3 Å². The summed E-state index contributed by atoms with van der Waals surface area (Å²) in [6.07, 6.45) is 3.70. The summed E-state index contributed by atoms with van der Waals surface area (Å²) in [6, 6.07) is 3.14. The molecule has 0 aliphatic heterocycles. The van der Waals surface area contributed by atoms with Gasteiger partial charge in [0, 0.05) is 6.20 Å². The first-order chi connectivity index (χ1) is 7.24. The Labute approximate surface area is 85.4 Å². The third kappa shape index (κ3) is 1.48. The summed E-state index contributed by atoms with van der Waals surface area (Å²) in [4.78, 5) is 22.3. The van der Waals surface area contributed by atoms with Crippen LogP contribution in [0.3, 0.4) is 0 Å². The van der Waals surface area contributed by atoms with Crippen molar-refractivity contribution in [2.24, 2.45) is 0 Å². The minimum Gasteiger partial charge on any atom is -0.298 e. The Bertz CT molecular complexity index is 554. The van der Waals surface area contributed by atoms with Gasteiger partial charge in [0.25, 0.3) is 5.56 Å². The highest BCUT2D eigenvalue weighted by molar-refractivity contribution is 5.74. The highest BCUT2D eigenvalue weighted by Crippen LogP contribution is 2.07. The van der Waals surface area contributed by atoms with Gasteiger partial charge in [-0.2, -0.15) is 5.10 Å². The zero-order valence-corrected chi connectivity index (χ0v) is 8.10. The molecule has 0 radical (unpaired) electrons. The van der Waals surface area contributed by atoms with Crippen LogP contribution in [0.1, 0.15) is 16.1 Å². The minimum absolute atomic E-state index is 0.137. The lowest BCUT2D eigenvalue weighted by Crippen LogP contribution is -2.21. The fourth-order valence-corrected chi connectivity index (χ4v) is 1.38. The van der Waals surface area contributed by atoms with Crippen LogP contribution in [0.4, 0.5) is 0 Å².